The van der Waals surface area contributed by atoms with E-state index in [4.69, 9.17) is 0 Å². The molecule has 10 saturated carbocycles. The lowest BCUT2D eigenvalue weighted by Crippen LogP contribution is -2.49. The second kappa shape index (κ2) is 19.7. The number of rotatable bonds is 6. The van der Waals surface area contributed by atoms with E-state index in [0.717, 1.165) is 107 Å². The van der Waals surface area contributed by atoms with Crippen molar-refractivity contribution in [2.75, 3.05) is 0 Å². The Hall–Kier alpha value is -0.260. The molecule has 11 rings (SSSR count). The van der Waals surface area contributed by atoms with Gasteiger partial charge in [-0.3, -0.25) is 0 Å². The zero-order valence-electron chi connectivity index (χ0n) is 39.5. The molecule has 0 heterocycles. The Balaban J connectivity index is 0.911. The van der Waals surface area contributed by atoms with E-state index in [-0.39, 0.29) is 0 Å². The van der Waals surface area contributed by atoms with Gasteiger partial charge in [-0.15, -0.1) is 0 Å². The molecule has 0 aromatic rings. The van der Waals surface area contributed by atoms with E-state index in [2.05, 4.69) is 6.08 Å². The van der Waals surface area contributed by atoms with Crippen LogP contribution in [-0.4, -0.2) is 0 Å². The molecule has 0 amide bonds. The van der Waals surface area contributed by atoms with Gasteiger partial charge in [-0.05, 0) is 203 Å². The number of allylic oxidation sites excluding steroid dienone is 2. The van der Waals surface area contributed by atoms with Crippen LogP contribution in [-0.2, 0) is 0 Å². The maximum Gasteiger partial charge on any atom is 0.0256 e. The minimum Gasteiger partial charge on any atom is -0.0724 e. The molecule has 0 heteroatoms. The van der Waals surface area contributed by atoms with Crippen LogP contribution < -0.4 is 0 Å². The van der Waals surface area contributed by atoms with Crippen molar-refractivity contribution in [2.45, 2.75) is 250 Å². The van der Waals surface area contributed by atoms with E-state index in [1.54, 1.807) is 199 Å². The normalized spacial score (nSPS) is 48.0. The zero-order chi connectivity index (χ0) is 39.8. The van der Waals surface area contributed by atoms with Crippen molar-refractivity contribution in [2.24, 2.45) is 107 Å². The lowest BCUT2D eigenvalue weighted by atomic mass is 9.48. The topological polar surface area (TPSA) is 0 Å². The molecule has 10 fully saturated rings. The zero-order valence-corrected chi connectivity index (χ0v) is 39.5. The van der Waals surface area contributed by atoms with Gasteiger partial charge >= 0.3 is 0 Å². The summed E-state index contributed by atoms with van der Waals surface area (Å²) in [7, 11) is 0. The quantitative estimate of drug-likeness (QED) is 0.234. The summed E-state index contributed by atoms with van der Waals surface area (Å²) in [6.07, 6.45) is 64.6. The predicted molar refractivity (Wildman–Crippen MR) is 254 cm³/mol. The number of hydrogen-bond acceptors (Lipinski definition) is 0. The Morgan fingerprint density at radius 3 is 1.40 bits per heavy atom. The van der Waals surface area contributed by atoms with Gasteiger partial charge in [-0.2, -0.15) is 0 Å². The minimum absolute atomic E-state index is 0.937. The maximum atomic E-state index is 2.85. The summed E-state index contributed by atoms with van der Waals surface area (Å²) in [6, 6.07) is 0. The van der Waals surface area contributed by atoms with Crippen LogP contribution in [0.15, 0.2) is 11.6 Å². The van der Waals surface area contributed by atoms with Gasteiger partial charge in [0.25, 0.3) is 0 Å². The average Bonchev–Trinajstić information content (AvgIpc) is 4.14. The van der Waals surface area contributed by atoms with Gasteiger partial charge in [0.1, 0.15) is 0 Å². The van der Waals surface area contributed by atoms with E-state index in [1.807, 2.05) is 11.5 Å². The first kappa shape index (κ1) is 42.4. The molecule has 11 aliphatic carbocycles. The summed E-state index contributed by atoms with van der Waals surface area (Å²) >= 11 is 0. The highest BCUT2D eigenvalue weighted by molar-refractivity contribution is 5.54. The molecule has 0 saturated heterocycles. The van der Waals surface area contributed by atoms with Gasteiger partial charge in [0.2, 0.25) is 0 Å². The lowest BCUT2D eigenvalue weighted by molar-refractivity contribution is -0.0759. The van der Waals surface area contributed by atoms with Crippen LogP contribution in [0.2, 0.25) is 0 Å². The first-order valence-electron chi connectivity index (χ1n) is 29.4. The molecule has 0 aliphatic heterocycles. The van der Waals surface area contributed by atoms with Crippen molar-refractivity contribution in [3.05, 3.63) is 17.6 Å². The second-order valence-corrected chi connectivity index (χ2v) is 25.7. The third-order valence-electron chi connectivity index (χ3n) is 23.2. The fraction of sp³-hybridized carbons (Fsp3) is 0.950. The summed E-state index contributed by atoms with van der Waals surface area (Å²) in [5.41, 5.74) is 1.98. The molecule has 0 bridgehead atoms. The van der Waals surface area contributed by atoms with Gasteiger partial charge in [0.15, 0.2) is 0 Å². The molecule has 1 radical (unpaired) electrons. The summed E-state index contributed by atoms with van der Waals surface area (Å²) in [5, 5.41) is 0. The van der Waals surface area contributed by atoms with Crippen LogP contribution in [0.4, 0.5) is 0 Å². The first-order chi connectivity index (χ1) is 29.8. The van der Waals surface area contributed by atoms with Crippen LogP contribution in [0.1, 0.15) is 250 Å². The Morgan fingerprint density at radius 1 is 0.233 bits per heavy atom. The smallest absolute Gasteiger partial charge is 0.0256 e. The monoisotopic (exact) mass is 818 g/mol. The molecule has 0 nitrogen and oxygen atoms in total. The highest BCUT2D eigenvalue weighted by Gasteiger charge is 2.58. The van der Waals surface area contributed by atoms with Crippen LogP contribution in [0.25, 0.3) is 0 Å². The second-order valence-electron chi connectivity index (χ2n) is 25.7. The predicted octanol–water partition coefficient (Wildman–Crippen LogP) is 17.9. The van der Waals surface area contributed by atoms with Crippen molar-refractivity contribution < 1.29 is 0 Å². The molecule has 14 unspecified atom stereocenters. The van der Waals surface area contributed by atoms with E-state index in [0.29, 0.717) is 0 Å². The van der Waals surface area contributed by atoms with Gasteiger partial charge in [-0.25, -0.2) is 0 Å². The fourth-order valence-corrected chi connectivity index (χ4v) is 20.8. The van der Waals surface area contributed by atoms with Crippen molar-refractivity contribution in [1.29, 1.82) is 0 Å². The SMILES string of the molecule is C1=C(C2CC[C@H]3C(C4CCCCC4C4CCCC(C5CCCCC5)CC4)CC4CCCCC4C(C4CC5CCCCCC5C5CCCC[C@@H]54)C3C2)[C]1C1CCCCCCC1. The Morgan fingerprint density at radius 2 is 0.650 bits per heavy atom. The summed E-state index contributed by atoms with van der Waals surface area (Å²) in [4.78, 5) is 0. The minimum atomic E-state index is 0.937. The Kier molecular flexibility index (Phi) is 13.9. The summed E-state index contributed by atoms with van der Waals surface area (Å²) in [5.74, 6) is 21.2. The molecule has 0 N–H and O–H groups in total. The van der Waals surface area contributed by atoms with E-state index < -0.39 is 0 Å². The highest BCUT2D eigenvalue weighted by Crippen LogP contribution is 2.66. The highest BCUT2D eigenvalue weighted by atomic mass is 14.6. The molecule has 0 spiro atoms. The standard InChI is InChI=1S/C60H97/c1-2-6-21-43(22-7-3-1)55-40-56(55)47-35-36-54-57(52-31-15-14-28-48(52)44-26-18-25-42(33-34-44)41-19-8-4-9-20-41)37-46-24-12-13-29-50(46)60(59(54)39-47)58-38-45-23-10-5-11-27-49(45)51-30-16-17-32-53(51)58/h40-54,57-60H,1-39H2/t42?,44?,45?,46?,47?,48?,49?,50?,51?,52?,53-,54-,57?,58?,59?,60?/m0/s1. The van der Waals surface area contributed by atoms with Crippen LogP contribution in [0, 0.1) is 112 Å². The number of fused-ring (bicyclic) bond motifs is 5. The van der Waals surface area contributed by atoms with E-state index >= 15 is 0 Å². The van der Waals surface area contributed by atoms with E-state index in [9.17, 15) is 0 Å². The molecular formula is C60H97. The first-order valence-corrected chi connectivity index (χ1v) is 29.4. The third-order valence-corrected chi connectivity index (χ3v) is 23.2. The summed E-state index contributed by atoms with van der Waals surface area (Å²) in [6.45, 7) is 0. The third kappa shape index (κ3) is 8.87. The molecule has 337 valence electrons. The molecule has 0 aromatic carbocycles. The van der Waals surface area contributed by atoms with Crippen molar-refractivity contribution in [3.63, 3.8) is 0 Å². The molecule has 16 atom stereocenters. The van der Waals surface area contributed by atoms with Crippen molar-refractivity contribution in [3.8, 4) is 0 Å². The van der Waals surface area contributed by atoms with Crippen molar-refractivity contribution in [1.82, 2.24) is 0 Å². The Bertz CT molecular complexity index is 1370. The van der Waals surface area contributed by atoms with Gasteiger partial charge < -0.3 is 0 Å². The molecule has 0 aromatic heterocycles. The van der Waals surface area contributed by atoms with Crippen LogP contribution in [0.5, 0.6) is 0 Å². The average molecular weight is 818 g/mol. The van der Waals surface area contributed by atoms with Crippen LogP contribution >= 0.6 is 0 Å². The largest absolute Gasteiger partial charge is 0.0724 e. The lowest BCUT2D eigenvalue weighted by Gasteiger charge is -2.57. The number of hydrogen-bond donors (Lipinski definition) is 0. The summed E-state index contributed by atoms with van der Waals surface area (Å²) < 4.78 is 0. The van der Waals surface area contributed by atoms with Gasteiger partial charge in [0, 0.05) is 5.92 Å². The molecule has 11 aliphatic rings. The van der Waals surface area contributed by atoms with Crippen molar-refractivity contribution >= 4 is 0 Å². The van der Waals surface area contributed by atoms with Gasteiger partial charge in [0.05, 0.1) is 0 Å². The van der Waals surface area contributed by atoms with E-state index in [1.165, 1.54) is 51.4 Å². The molecular weight excluding hydrogens is 721 g/mol. The molecule has 60 heavy (non-hydrogen) atoms. The fourth-order valence-electron chi connectivity index (χ4n) is 20.8. The van der Waals surface area contributed by atoms with Crippen LogP contribution in [0.3, 0.4) is 0 Å². The maximum absolute atomic E-state index is 2.85. The Labute approximate surface area is 373 Å². The van der Waals surface area contributed by atoms with Gasteiger partial charge in [-0.1, -0.05) is 166 Å².